The molecule has 2 aromatic carbocycles. The van der Waals surface area contributed by atoms with Gasteiger partial charge in [-0.15, -0.1) is 0 Å². The van der Waals surface area contributed by atoms with Crippen molar-refractivity contribution >= 4 is 16.9 Å². The number of rotatable bonds is 2. The van der Waals surface area contributed by atoms with E-state index in [1.807, 2.05) is 41.7 Å². The van der Waals surface area contributed by atoms with Gasteiger partial charge in [0.15, 0.2) is 6.04 Å². The van der Waals surface area contributed by atoms with Crippen molar-refractivity contribution < 1.29 is 20.3 Å². The first kappa shape index (κ1) is 21.4. The van der Waals surface area contributed by atoms with Crippen LogP contribution >= 0.6 is 0 Å². The third-order valence-electron chi connectivity index (χ3n) is 6.42. The zero-order valence-corrected chi connectivity index (χ0v) is 19.2. The van der Waals surface area contributed by atoms with Crippen LogP contribution in [0.2, 0.25) is 0 Å². The molecule has 0 spiro atoms. The van der Waals surface area contributed by atoms with Crippen molar-refractivity contribution in [2.45, 2.75) is 70.9 Å². The lowest BCUT2D eigenvalue weighted by Gasteiger charge is -2.32. The quantitative estimate of drug-likeness (QED) is 0.595. The molecule has 1 aromatic heterocycles. The van der Waals surface area contributed by atoms with Gasteiger partial charge < -0.3 is 25.3 Å². The number of phenolic OH excluding ortho intramolecular Hbond substituents is 1. The predicted octanol–water partition coefficient (Wildman–Crippen LogP) is 2.80. The van der Waals surface area contributed by atoms with Gasteiger partial charge in [0.1, 0.15) is 11.8 Å². The van der Waals surface area contributed by atoms with E-state index in [9.17, 15) is 15.0 Å². The molecule has 0 radical (unpaired) electrons. The molecule has 2 heterocycles. The Morgan fingerprint density at radius 2 is 1.65 bits per heavy atom. The first-order valence-electron chi connectivity index (χ1n) is 10.9. The number of carbonyl (C=O) groups is 1. The fourth-order valence-electron chi connectivity index (χ4n) is 4.74. The topological polar surface area (TPSA) is 92.8 Å². The van der Waals surface area contributed by atoms with Crippen molar-refractivity contribution in [3.8, 4) is 5.75 Å². The number of aliphatic carboxylic acids is 1. The Kier molecular flexibility index (Phi) is 4.93. The Bertz CT molecular complexity index is 1130. The van der Waals surface area contributed by atoms with E-state index in [2.05, 4.69) is 46.5 Å². The van der Waals surface area contributed by atoms with Crippen LogP contribution in [0.1, 0.15) is 75.5 Å². The molecule has 0 amide bonds. The molecule has 0 saturated carbocycles. The Morgan fingerprint density at radius 1 is 1.06 bits per heavy atom. The summed E-state index contributed by atoms with van der Waals surface area (Å²) in [7, 11) is 0. The van der Waals surface area contributed by atoms with Crippen LogP contribution < -0.4 is 10.4 Å². The second-order valence-corrected chi connectivity index (χ2v) is 10.8. The Morgan fingerprint density at radius 3 is 2.19 bits per heavy atom. The zero-order valence-electron chi connectivity index (χ0n) is 19.2. The Hall–Kier alpha value is -2.79. The van der Waals surface area contributed by atoms with Gasteiger partial charge in [0.2, 0.25) is 0 Å². The summed E-state index contributed by atoms with van der Waals surface area (Å²) in [6.45, 7) is 12.5. The summed E-state index contributed by atoms with van der Waals surface area (Å²) in [5.74, 6) is -0.723. The van der Waals surface area contributed by atoms with E-state index < -0.39 is 12.0 Å². The number of fused-ring (bicyclic) bond motifs is 3. The third kappa shape index (κ3) is 3.72. The maximum absolute atomic E-state index is 11.9. The number of nitrogens with one attached hydrogen (secondary N) is 1. The van der Waals surface area contributed by atoms with Crippen LogP contribution in [0.15, 0.2) is 36.4 Å². The van der Waals surface area contributed by atoms with E-state index in [1.165, 1.54) is 0 Å². The van der Waals surface area contributed by atoms with Crippen molar-refractivity contribution in [1.82, 2.24) is 4.98 Å². The average Bonchev–Trinajstić information content (AvgIpc) is 3.04. The van der Waals surface area contributed by atoms with E-state index in [0.717, 1.165) is 38.9 Å². The molecule has 5 heteroatoms. The van der Waals surface area contributed by atoms with Crippen LogP contribution in [0.5, 0.6) is 5.75 Å². The average molecular weight is 421 g/mol. The van der Waals surface area contributed by atoms with Crippen molar-refractivity contribution in [3.63, 3.8) is 0 Å². The first-order valence-corrected chi connectivity index (χ1v) is 10.9. The number of benzene rings is 2. The molecule has 1 aliphatic rings. The molecule has 164 valence electrons. The lowest BCUT2D eigenvalue weighted by atomic mass is 9.77. The molecule has 0 aliphatic carbocycles. The number of hydrogen-bond acceptors (Lipinski definition) is 3. The number of carboxylic acids is 1. The Balaban J connectivity index is 1.98. The molecule has 3 aromatic rings. The molecule has 0 saturated heterocycles. The number of para-hydroxylation sites is 1. The number of aromatic nitrogens is 1. The highest BCUT2D eigenvalue weighted by Gasteiger charge is 2.37. The highest BCUT2D eigenvalue weighted by molar-refractivity contribution is 5.86. The minimum Gasteiger partial charge on any atom is -0.544 e. The fourth-order valence-corrected chi connectivity index (χ4v) is 4.74. The van der Waals surface area contributed by atoms with Crippen LogP contribution in [-0.2, 0) is 22.0 Å². The summed E-state index contributed by atoms with van der Waals surface area (Å²) in [6.07, 6.45) is 0.425. The normalized spacial score (nSPS) is 19.4. The van der Waals surface area contributed by atoms with Crippen molar-refractivity contribution in [3.05, 3.63) is 64.3 Å². The molecular formula is C26H32N2O3. The highest BCUT2D eigenvalue weighted by Crippen LogP contribution is 2.42. The SMILES string of the molecule is CC(C)(C)c1cc([C@@H]2[NH2+][C@H](C(=O)[O-])Cc3c2[nH]c2ccccc32)cc(C(C)(C)C)c1O. The lowest BCUT2D eigenvalue weighted by Crippen LogP contribution is -2.95. The highest BCUT2D eigenvalue weighted by atomic mass is 16.4. The minimum atomic E-state index is -1.05. The standard InChI is InChI=1S/C26H32N2O3/c1-25(2,3)17-11-14(12-18(23(17)29)26(4,5)6)21-22-16(13-20(28-21)24(30)31)15-9-7-8-10-19(15)27-22/h7-12,20-21,27-29H,13H2,1-6H3,(H,30,31)/t20-,21-/m0/s1. The van der Waals surface area contributed by atoms with E-state index >= 15 is 0 Å². The summed E-state index contributed by atoms with van der Waals surface area (Å²) in [6, 6.07) is 11.2. The molecule has 4 rings (SSSR count). The van der Waals surface area contributed by atoms with Gasteiger partial charge in [-0.3, -0.25) is 0 Å². The van der Waals surface area contributed by atoms with Crippen LogP contribution in [0.3, 0.4) is 0 Å². The number of nitrogens with two attached hydrogens (primary N) is 1. The largest absolute Gasteiger partial charge is 0.544 e. The van der Waals surface area contributed by atoms with Gasteiger partial charge in [0.25, 0.3) is 0 Å². The monoisotopic (exact) mass is 420 g/mol. The molecule has 4 N–H and O–H groups in total. The van der Waals surface area contributed by atoms with Gasteiger partial charge in [-0.1, -0.05) is 59.7 Å². The predicted molar refractivity (Wildman–Crippen MR) is 120 cm³/mol. The number of H-pyrrole nitrogens is 1. The lowest BCUT2D eigenvalue weighted by molar-refractivity contribution is -0.717. The number of aromatic amines is 1. The zero-order chi connectivity index (χ0) is 22.7. The van der Waals surface area contributed by atoms with Gasteiger partial charge in [0.05, 0.1) is 11.7 Å². The molecule has 2 atom stereocenters. The van der Waals surface area contributed by atoms with Gasteiger partial charge in [-0.25, -0.2) is 0 Å². The van der Waals surface area contributed by atoms with Gasteiger partial charge in [-0.2, -0.15) is 0 Å². The second kappa shape index (κ2) is 7.13. The van der Waals surface area contributed by atoms with Gasteiger partial charge >= 0.3 is 0 Å². The van der Waals surface area contributed by atoms with Crippen molar-refractivity contribution in [2.24, 2.45) is 0 Å². The molecule has 0 unspecified atom stereocenters. The molecular weight excluding hydrogens is 388 g/mol. The van der Waals surface area contributed by atoms with E-state index in [0.29, 0.717) is 12.2 Å². The molecule has 5 nitrogen and oxygen atoms in total. The van der Waals surface area contributed by atoms with Crippen LogP contribution in [-0.4, -0.2) is 22.1 Å². The molecule has 0 bridgehead atoms. The second-order valence-electron chi connectivity index (χ2n) is 10.8. The number of phenols is 1. The number of hydrogen-bond donors (Lipinski definition) is 3. The number of aromatic hydroxyl groups is 1. The fraction of sp³-hybridized carbons (Fsp3) is 0.423. The third-order valence-corrected chi connectivity index (χ3v) is 6.42. The minimum absolute atomic E-state index is 0.221. The summed E-state index contributed by atoms with van der Waals surface area (Å²) >= 11 is 0. The van der Waals surface area contributed by atoms with E-state index in [-0.39, 0.29) is 16.9 Å². The van der Waals surface area contributed by atoms with Crippen LogP contribution in [0.4, 0.5) is 0 Å². The van der Waals surface area contributed by atoms with Crippen molar-refractivity contribution in [2.75, 3.05) is 0 Å². The Labute approximate surface area is 183 Å². The number of carbonyl (C=O) groups excluding carboxylic acids is 1. The maximum Gasteiger partial charge on any atom is 0.153 e. The van der Waals surface area contributed by atoms with Gasteiger partial charge in [0, 0.05) is 34.0 Å². The summed E-state index contributed by atoms with van der Waals surface area (Å²) in [4.78, 5) is 15.5. The molecule has 0 fully saturated rings. The van der Waals surface area contributed by atoms with Crippen LogP contribution in [0, 0.1) is 0 Å². The smallest absolute Gasteiger partial charge is 0.153 e. The number of carboxylic acid groups (broad SMARTS) is 1. The van der Waals surface area contributed by atoms with Crippen LogP contribution in [0.25, 0.3) is 10.9 Å². The molecule has 31 heavy (non-hydrogen) atoms. The van der Waals surface area contributed by atoms with E-state index in [4.69, 9.17) is 0 Å². The molecule has 1 aliphatic heterocycles. The first-order chi connectivity index (χ1) is 14.4. The van der Waals surface area contributed by atoms with E-state index in [1.54, 1.807) is 0 Å². The van der Waals surface area contributed by atoms with Crippen molar-refractivity contribution in [1.29, 1.82) is 0 Å². The summed E-state index contributed by atoms with van der Waals surface area (Å²) in [5, 5.41) is 26.0. The maximum atomic E-state index is 11.9. The summed E-state index contributed by atoms with van der Waals surface area (Å²) < 4.78 is 0. The van der Waals surface area contributed by atoms with Gasteiger partial charge in [-0.05, 0) is 34.6 Å². The number of quaternary nitrogens is 1. The summed E-state index contributed by atoms with van der Waals surface area (Å²) in [5.41, 5.74) is 5.30.